The first-order chi connectivity index (χ1) is 15.5. The summed E-state index contributed by atoms with van der Waals surface area (Å²) in [5.74, 6) is 0.0775. The number of carbonyl (C=O) groups is 2. The van der Waals surface area contributed by atoms with Gasteiger partial charge in [0.25, 0.3) is 11.8 Å². The van der Waals surface area contributed by atoms with Crippen molar-refractivity contribution in [3.05, 3.63) is 101 Å². The van der Waals surface area contributed by atoms with Crippen molar-refractivity contribution in [2.75, 3.05) is 11.9 Å². The molecule has 0 spiro atoms. The van der Waals surface area contributed by atoms with Crippen molar-refractivity contribution in [1.82, 2.24) is 4.90 Å². The van der Waals surface area contributed by atoms with Gasteiger partial charge in [0.1, 0.15) is 11.4 Å². The van der Waals surface area contributed by atoms with E-state index in [-0.39, 0.29) is 18.4 Å². The second-order valence-corrected chi connectivity index (χ2v) is 7.81. The normalized spacial score (nSPS) is 13.7. The van der Waals surface area contributed by atoms with Crippen LogP contribution in [0.15, 0.2) is 78.5 Å². The van der Waals surface area contributed by atoms with Gasteiger partial charge in [-0.1, -0.05) is 48.5 Å². The van der Waals surface area contributed by atoms with Crippen molar-refractivity contribution in [3.63, 3.8) is 0 Å². The predicted molar refractivity (Wildman–Crippen MR) is 126 cm³/mol. The van der Waals surface area contributed by atoms with Crippen LogP contribution in [0.3, 0.4) is 0 Å². The van der Waals surface area contributed by atoms with E-state index in [0.717, 1.165) is 28.1 Å². The summed E-state index contributed by atoms with van der Waals surface area (Å²) < 4.78 is 5.52. The van der Waals surface area contributed by atoms with Crippen LogP contribution in [0.5, 0.6) is 5.75 Å². The van der Waals surface area contributed by atoms with Gasteiger partial charge in [0.05, 0.1) is 18.7 Å². The van der Waals surface area contributed by atoms with Gasteiger partial charge in [-0.3, -0.25) is 14.5 Å². The number of imide groups is 1. The molecule has 0 saturated heterocycles. The quantitative estimate of drug-likeness (QED) is 0.535. The topological polar surface area (TPSA) is 58.6 Å². The molecule has 0 aliphatic carbocycles. The fourth-order valence-electron chi connectivity index (χ4n) is 3.72. The smallest absolute Gasteiger partial charge is 0.278 e. The number of rotatable bonds is 7. The Morgan fingerprint density at radius 2 is 1.56 bits per heavy atom. The third-order valence-corrected chi connectivity index (χ3v) is 5.58. The standard InChI is InChI=1S/C27H26N2O3/c1-4-32-23-14-11-21(12-15-23)24-25(28-22-13-10-18(2)19(3)16-22)27(31)29(26(24)30)17-20-8-6-5-7-9-20/h5-16,28H,4,17H2,1-3H3. The Morgan fingerprint density at radius 3 is 2.22 bits per heavy atom. The van der Waals surface area contributed by atoms with E-state index in [1.807, 2.05) is 93.6 Å². The van der Waals surface area contributed by atoms with Crippen LogP contribution in [0.25, 0.3) is 5.57 Å². The number of benzene rings is 3. The highest BCUT2D eigenvalue weighted by atomic mass is 16.5. The molecule has 0 atom stereocenters. The number of amides is 2. The van der Waals surface area contributed by atoms with Gasteiger partial charge in [-0.15, -0.1) is 0 Å². The number of hydrogen-bond acceptors (Lipinski definition) is 4. The van der Waals surface area contributed by atoms with Crippen LogP contribution < -0.4 is 10.1 Å². The molecular formula is C27H26N2O3. The summed E-state index contributed by atoms with van der Waals surface area (Å²) in [5, 5.41) is 3.23. The molecule has 3 aromatic rings. The van der Waals surface area contributed by atoms with E-state index in [0.29, 0.717) is 23.4 Å². The molecule has 5 nitrogen and oxygen atoms in total. The van der Waals surface area contributed by atoms with Gasteiger partial charge in [-0.2, -0.15) is 0 Å². The molecule has 0 unspecified atom stereocenters. The Labute approximate surface area is 188 Å². The minimum atomic E-state index is -0.332. The number of aryl methyl sites for hydroxylation is 2. The maximum Gasteiger partial charge on any atom is 0.278 e. The van der Waals surface area contributed by atoms with Gasteiger partial charge >= 0.3 is 0 Å². The van der Waals surface area contributed by atoms with E-state index in [1.165, 1.54) is 4.90 Å². The lowest BCUT2D eigenvalue weighted by atomic mass is 10.0. The number of nitrogens with one attached hydrogen (secondary N) is 1. The number of hydrogen-bond donors (Lipinski definition) is 1. The molecule has 1 N–H and O–H groups in total. The summed E-state index contributed by atoms with van der Waals surface area (Å²) in [6, 6.07) is 22.7. The van der Waals surface area contributed by atoms with Crippen molar-refractivity contribution in [2.45, 2.75) is 27.3 Å². The first-order valence-corrected chi connectivity index (χ1v) is 10.7. The van der Waals surface area contributed by atoms with Crippen LogP contribution in [0.1, 0.15) is 29.2 Å². The zero-order valence-corrected chi connectivity index (χ0v) is 18.5. The van der Waals surface area contributed by atoms with Gasteiger partial charge < -0.3 is 10.1 Å². The Bertz CT molecular complexity index is 1180. The highest BCUT2D eigenvalue weighted by Gasteiger charge is 2.39. The fraction of sp³-hybridized carbons (Fsp3) is 0.185. The van der Waals surface area contributed by atoms with E-state index in [4.69, 9.17) is 4.74 Å². The molecule has 3 aromatic carbocycles. The molecule has 0 bridgehead atoms. The van der Waals surface area contributed by atoms with Crippen LogP contribution in [0, 0.1) is 13.8 Å². The summed E-state index contributed by atoms with van der Waals surface area (Å²) in [6.07, 6.45) is 0. The summed E-state index contributed by atoms with van der Waals surface area (Å²) in [6.45, 7) is 6.75. The van der Waals surface area contributed by atoms with Crippen LogP contribution in [0.2, 0.25) is 0 Å². The largest absolute Gasteiger partial charge is 0.494 e. The van der Waals surface area contributed by atoms with E-state index >= 15 is 0 Å². The van der Waals surface area contributed by atoms with Crippen molar-refractivity contribution >= 4 is 23.1 Å². The fourth-order valence-corrected chi connectivity index (χ4v) is 3.72. The maximum absolute atomic E-state index is 13.4. The van der Waals surface area contributed by atoms with Gasteiger partial charge in [-0.05, 0) is 67.3 Å². The minimum Gasteiger partial charge on any atom is -0.494 e. The molecule has 5 heteroatoms. The third kappa shape index (κ3) is 4.28. The van der Waals surface area contributed by atoms with Crippen LogP contribution >= 0.6 is 0 Å². The lowest BCUT2D eigenvalue weighted by Crippen LogP contribution is -2.32. The van der Waals surface area contributed by atoms with Gasteiger partial charge in [0, 0.05) is 5.69 Å². The highest BCUT2D eigenvalue weighted by molar-refractivity contribution is 6.36. The van der Waals surface area contributed by atoms with Gasteiger partial charge in [0.15, 0.2) is 0 Å². The zero-order chi connectivity index (χ0) is 22.7. The Morgan fingerprint density at radius 1 is 0.844 bits per heavy atom. The van der Waals surface area contributed by atoms with E-state index < -0.39 is 0 Å². The number of ether oxygens (including phenoxy) is 1. The molecule has 1 aliphatic heterocycles. The average Bonchev–Trinajstić information content (AvgIpc) is 3.02. The monoisotopic (exact) mass is 426 g/mol. The first-order valence-electron chi connectivity index (χ1n) is 10.7. The highest BCUT2D eigenvalue weighted by Crippen LogP contribution is 2.32. The van der Waals surface area contributed by atoms with Crippen LogP contribution in [-0.4, -0.2) is 23.3 Å². The van der Waals surface area contributed by atoms with E-state index in [9.17, 15) is 9.59 Å². The Kier molecular flexibility index (Phi) is 6.08. The molecule has 0 aromatic heterocycles. The van der Waals surface area contributed by atoms with Crippen LogP contribution in [0.4, 0.5) is 5.69 Å². The summed E-state index contributed by atoms with van der Waals surface area (Å²) in [7, 11) is 0. The van der Waals surface area contributed by atoms with Crippen molar-refractivity contribution in [1.29, 1.82) is 0 Å². The molecule has 0 saturated carbocycles. The Hall–Kier alpha value is -3.86. The van der Waals surface area contributed by atoms with Crippen LogP contribution in [-0.2, 0) is 16.1 Å². The second-order valence-electron chi connectivity index (χ2n) is 7.81. The SMILES string of the molecule is CCOc1ccc(C2=C(Nc3ccc(C)c(C)c3)C(=O)N(Cc3ccccc3)C2=O)cc1. The predicted octanol–water partition coefficient (Wildman–Crippen LogP) is 5.09. The van der Waals surface area contributed by atoms with Crippen molar-refractivity contribution < 1.29 is 14.3 Å². The summed E-state index contributed by atoms with van der Waals surface area (Å²) in [5.41, 5.74) is 5.27. The molecule has 32 heavy (non-hydrogen) atoms. The van der Waals surface area contributed by atoms with E-state index in [1.54, 1.807) is 0 Å². The van der Waals surface area contributed by atoms with E-state index in [2.05, 4.69) is 5.32 Å². The summed E-state index contributed by atoms with van der Waals surface area (Å²) >= 11 is 0. The molecule has 1 aliphatic rings. The zero-order valence-electron chi connectivity index (χ0n) is 18.5. The lowest BCUT2D eigenvalue weighted by Gasteiger charge is -2.15. The summed E-state index contributed by atoms with van der Waals surface area (Å²) in [4.78, 5) is 28.1. The molecular weight excluding hydrogens is 400 g/mol. The van der Waals surface area contributed by atoms with Gasteiger partial charge in [0.2, 0.25) is 0 Å². The average molecular weight is 427 g/mol. The molecule has 1 heterocycles. The number of carbonyl (C=O) groups excluding carboxylic acids is 2. The van der Waals surface area contributed by atoms with Crippen molar-refractivity contribution in [2.24, 2.45) is 0 Å². The third-order valence-electron chi connectivity index (χ3n) is 5.58. The number of anilines is 1. The number of nitrogens with zero attached hydrogens (tertiary/aromatic N) is 1. The molecule has 0 radical (unpaired) electrons. The van der Waals surface area contributed by atoms with Crippen molar-refractivity contribution in [3.8, 4) is 5.75 Å². The lowest BCUT2D eigenvalue weighted by molar-refractivity contribution is -0.137. The molecule has 162 valence electrons. The maximum atomic E-state index is 13.4. The minimum absolute atomic E-state index is 0.219. The second kappa shape index (κ2) is 9.10. The Balaban J connectivity index is 1.73. The van der Waals surface area contributed by atoms with Gasteiger partial charge in [-0.25, -0.2) is 0 Å². The molecule has 4 rings (SSSR count). The first kappa shape index (κ1) is 21.4. The molecule has 0 fully saturated rings. The molecule has 2 amide bonds.